The maximum atomic E-state index is 12.0. The van der Waals surface area contributed by atoms with Gasteiger partial charge in [0.1, 0.15) is 11.6 Å². The number of thiazole rings is 1. The summed E-state index contributed by atoms with van der Waals surface area (Å²) in [4.78, 5) is 17.8. The van der Waals surface area contributed by atoms with E-state index in [2.05, 4.69) is 16.4 Å². The largest absolute Gasteiger partial charge is 0.347 e. The number of rotatable bonds is 6. The standard InChI is InChI=1S/C18H19N3OS/c1-21(12-17(22)19-11-14-7-3-2-4-8-14)13-18-20-15-9-5-6-10-16(15)23-18/h2-10H,11-13H2,1H3,(H,19,22)/p+1. The number of benzene rings is 2. The summed E-state index contributed by atoms with van der Waals surface area (Å²) in [7, 11) is 2.02. The second-order valence-corrected chi connectivity index (χ2v) is 6.76. The Morgan fingerprint density at radius 2 is 1.87 bits per heavy atom. The topological polar surface area (TPSA) is 46.4 Å². The lowest BCUT2D eigenvalue weighted by Crippen LogP contribution is -3.08. The summed E-state index contributed by atoms with van der Waals surface area (Å²) >= 11 is 1.70. The molecule has 1 atom stereocenters. The van der Waals surface area contributed by atoms with Gasteiger partial charge < -0.3 is 10.2 Å². The molecule has 1 heterocycles. The molecule has 4 nitrogen and oxygen atoms in total. The molecule has 0 saturated heterocycles. The zero-order valence-electron chi connectivity index (χ0n) is 13.1. The molecule has 0 fully saturated rings. The smallest absolute Gasteiger partial charge is 0.275 e. The van der Waals surface area contributed by atoms with E-state index in [4.69, 9.17) is 0 Å². The van der Waals surface area contributed by atoms with Crippen molar-refractivity contribution in [3.05, 3.63) is 65.2 Å². The molecule has 1 unspecified atom stereocenters. The number of quaternary nitrogens is 1. The number of para-hydroxylation sites is 1. The first kappa shape index (κ1) is 15.6. The van der Waals surface area contributed by atoms with E-state index in [-0.39, 0.29) is 5.91 Å². The third-order valence-electron chi connectivity index (χ3n) is 3.59. The molecule has 1 amide bonds. The highest BCUT2D eigenvalue weighted by Crippen LogP contribution is 2.20. The van der Waals surface area contributed by atoms with Gasteiger partial charge in [0.2, 0.25) is 0 Å². The van der Waals surface area contributed by atoms with Gasteiger partial charge >= 0.3 is 0 Å². The van der Waals surface area contributed by atoms with Crippen molar-refractivity contribution in [2.24, 2.45) is 0 Å². The Morgan fingerprint density at radius 1 is 1.13 bits per heavy atom. The average molecular weight is 326 g/mol. The van der Waals surface area contributed by atoms with Crippen molar-refractivity contribution in [3.63, 3.8) is 0 Å². The van der Waals surface area contributed by atoms with Gasteiger partial charge in [-0.2, -0.15) is 0 Å². The van der Waals surface area contributed by atoms with Gasteiger partial charge in [-0.25, -0.2) is 4.98 Å². The van der Waals surface area contributed by atoms with Crippen molar-refractivity contribution >= 4 is 27.5 Å². The third-order valence-corrected chi connectivity index (χ3v) is 4.62. The minimum atomic E-state index is 0.0625. The number of carbonyl (C=O) groups is 1. The van der Waals surface area contributed by atoms with Crippen LogP contribution in [0.5, 0.6) is 0 Å². The highest BCUT2D eigenvalue weighted by molar-refractivity contribution is 7.18. The number of hydrogen-bond donors (Lipinski definition) is 2. The second-order valence-electron chi connectivity index (χ2n) is 5.65. The maximum Gasteiger partial charge on any atom is 0.275 e. The number of hydrogen-bond acceptors (Lipinski definition) is 3. The van der Waals surface area contributed by atoms with Crippen LogP contribution in [0.1, 0.15) is 10.6 Å². The number of fused-ring (bicyclic) bond motifs is 1. The Balaban J connectivity index is 1.50. The van der Waals surface area contributed by atoms with Gasteiger partial charge in [0, 0.05) is 6.54 Å². The number of carbonyl (C=O) groups excluding carboxylic acids is 1. The Labute approximate surface area is 139 Å². The lowest BCUT2D eigenvalue weighted by Gasteiger charge is -2.12. The van der Waals surface area contributed by atoms with E-state index in [0.29, 0.717) is 13.1 Å². The second kappa shape index (κ2) is 7.35. The number of nitrogens with one attached hydrogen (secondary N) is 2. The first-order valence-electron chi connectivity index (χ1n) is 7.67. The molecule has 0 spiro atoms. The minimum Gasteiger partial charge on any atom is -0.347 e. The van der Waals surface area contributed by atoms with Gasteiger partial charge in [0.25, 0.3) is 5.91 Å². The summed E-state index contributed by atoms with van der Waals surface area (Å²) in [6.45, 7) is 1.79. The van der Waals surface area contributed by atoms with Crippen LogP contribution in [-0.4, -0.2) is 24.5 Å². The predicted molar refractivity (Wildman–Crippen MR) is 93.4 cm³/mol. The van der Waals surface area contributed by atoms with E-state index in [0.717, 1.165) is 27.5 Å². The fourth-order valence-electron chi connectivity index (χ4n) is 2.45. The predicted octanol–water partition coefficient (Wildman–Crippen LogP) is 1.63. The summed E-state index contributed by atoms with van der Waals surface area (Å²) in [5.74, 6) is 0.0625. The molecule has 118 valence electrons. The Morgan fingerprint density at radius 3 is 2.65 bits per heavy atom. The van der Waals surface area contributed by atoms with Crippen LogP contribution in [0.15, 0.2) is 54.6 Å². The molecule has 0 radical (unpaired) electrons. The van der Waals surface area contributed by atoms with Crippen LogP contribution in [0, 0.1) is 0 Å². The van der Waals surface area contributed by atoms with E-state index >= 15 is 0 Å². The van der Waals surface area contributed by atoms with Crippen LogP contribution in [0.3, 0.4) is 0 Å². The molecule has 0 saturated carbocycles. The number of likely N-dealkylation sites (N-methyl/N-ethyl adjacent to an activating group) is 1. The lowest BCUT2D eigenvalue weighted by molar-refractivity contribution is -0.885. The number of aromatic nitrogens is 1. The highest BCUT2D eigenvalue weighted by Gasteiger charge is 2.13. The number of nitrogens with zero attached hydrogens (tertiary/aromatic N) is 1. The van der Waals surface area contributed by atoms with Crippen LogP contribution >= 0.6 is 11.3 Å². The molecule has 2 N–H and O–H groups in total. The van der Waals surface area contributed by atoms with Gasteiger partial charge in [0.05, 0.1) is 17.3 Å². The van der Waals surface area contributed by atoms with Crippen LogP contribution in [0.2, 0.25) is 0 Å². The van der Waals surface area contributed by atoms with Crippen molar-refractivity contribution in [2.45, 2.75) is 13.1 Å². The summed E-state index contributed by atoms with van der Waals surface area (Å²) in [6, 6.07) is 18.1. The molecule has 0 aliphatic carbocycles. The lowest BCUT2D eigenvalue weighted by atomic mass is 10.2. The third kappa shape index (κ3) is 4.37. The van der Waals surface area contributed by atoms with Crippen LogP contribution < -0.4 is 10.2 Å². The monoisotopic (exact) mass is 326 g/mol. The van der Waals surface area contributed by atoms with E-state index in [1.165, 1.54) is 4.70 Å². The molecular formula is C18H20N3OS+. The summed E-state index contributed by atoms with van der Waals surface area (Å²) in [5.41, 5.74) is 2.15. The first-order chi connectivity index (χ1) is 11.2. The number of amides is 1. The zero-order valence-corrected chi connectivity index (χ0v) is 13.9. The first-order valence-corrected chi connectivity index (χ1v) is 8.49. The highest BCUT2D eigenvalue weighted by atomic mass is 32.1. The van der Waals surface area contributed by atoms with Gasteiger partial charge in [-0.15, -0.1) is 11.3 Å². The van der Waals surface area contributed by atoms with Gasteiger partial charge in [-0.05, 0) is 17.7 Å². The summed E-state index contributed by atoms with van der Waals surface area (Å²) in [6.07, 6.45) is 0. The van der Waals surface area contributed by atoms with Crippen molar-refractivity contribution in [3.8, 4) is 0 Å². The Kier molecular flexibility index (Phi) is 5.00. The van der Waals surface area contributed by atoms with Gasteiger partial charge in [-0.3, -0.25) is 4.79 Å². The van der Waals surface area contributed by atoms with Crippen molar-refractivity contribution < 1.29 is 9.69 Å². The van der Waals surface area contributed by atoms with Crippen LogP contribution in [0.25, 0.3) is 10.2 Å². The van der Waals surface area contributed by atoms with Crippen LogP contribution in [-0.2, 0) is 17.9 Å². The Bertz CT molecular complexity index is 752. The van der Waals surface area contributed by atoms with E-state index in [9.17, 15) is 4.79 Å². The fourth-order valence-corrected chi connectivity index (χ4v) is 3.53. The fraction of sp³-hybridized carbons (Fsp3) is 0.222. The van der Waals surface area contributed by atoms with E-state index < -0.39 is 0 Å². The average Bonchev–Trinajstić information content (AvgIpc) is 2.96. The minimum absolute atomic E-state index is 0.0625. The molecule has 1 aromatic heterocycles. The molecule has 3 aromatic rings. The van der Waals surface area contributed by atoms with E-state index in [1.54, 1.807) is 11.3 Å². The van der Waals surface area contributed by atoms with Gasteiger partial charge in [0.15, 0.2) is 6.54 Å². The summed E-state index contributed by atoms with van der Waals surface area (Å²) < 4.78 is 1.20. The van der Waals surface area contributed by atoms with Crippen molar-refractivity contribution in [1.82, 2.24) is 10.3 Å². The molecule has 23 heavy (non-hydrogen) atoms. The molecule has 5 heteroatoms. The van der Waals surface area contributed by atoms with Gasteiger partial charge in [-0.1, -0.05) is 42.5 Å². The van der Waals surface area contributed by atoms with Crippen LogP contribution in [0.4, 0.5) is 0 Å². The summed E-state index contributed by atoms with van der Waals surface area (Å²) in [5, 5.41) is 4.03. The molecule has 0 aliphatic rings. The zero-order chi connectivity index (χ0) is 16.1. The SMILES string of the molecule is C[NH+](CC(=O)NCc1ccccc1)Cc1nc2ccccc2s1. The molecule has 0 bridgehead atoms. The molecular weight excluding hydrogens is 306 g/mol. The van der Waals surface area contributed by atoms with Crippen molar-refractivity contribution in [2.75, 3.05) is 13.6 Å². The van der Waals surface area contributed by atoms with Crippen molar-refractivity contribution in [1.29, 1.82) is 0 Å². The normalized spacial score (nSPS) is 12.2. The molecule has 3 rings (SSSR count). The Hall–Kier alpha value is -2.24. The molecule has 0 aliphatic heterocycles. The maximum absolute atomic E-state index is 12.0. The quantitative estimate of drug-likeness (QED) is 0.723. The van der Waals surface area contributed by atoms with E-state index in [1.807, 2.05) is 55.6 Å². The molecule has 2 aromatic carbocycles.